The van der Waals surface area contributed by atoms with Crippen molar-refractivity contribution >= 4 is 0 Å². The predicted octanol–water partition coefficient (Wildman–Crippen LogP) is 8.24. The molecular weight excluding hydrogens is 412 g/mol. The monoisotopic (exact) mass is 468 g/mol. The lowest BCUT2D eigenvalue weighted by Crippen LogP contribution is -2.49. The first kappa shape index (κ1) is 26.5. The number of hydrogen-bond acceptors (Lipinski definition) is 2. The first-order chi connectivity index (χ1) is 16.9. The van der Waals surface area contributed by atoms with E-state index in [9.17, 15) is 0 Å². The Labute approximate surface area is 212 Å². The van der Waals surface area contributed by atoms with Crippen LogP contribution in [0.15, 0.2) is 24.3 Å². The smallest absolute Gasteiger partial charge is 0.00160 e. The number of rotatable bonds is 0. The van der Waals surface area contributed by atoms with Crippen molar-refractivity contribution in [1.82, 2.24) is 9.80 Å². The van der Waals surface area contributed by atoms with Crippen molar-refractivity contribution < 1.29 is 0 Å². The maximum absolute atomic E-state index is 2.93. The fraction of sp³-hybridized carbons (Fsp3) is 0.875. The number of piperidine rings is 2. The molecule has 0 N–H and O–H groups in total. The van der Waals surface area contributed by atoms with Crippen LogP contribution in [0.3, 0.4) is 0 Å². The van der Waals surface area contributed by atoms with Gasteiger partial charge in [-0.2, -0.15) is 0 Å². The quantitative estimate of drug-likeness (QED) is 0.330. The molecule has 5 heterocycles. The third kappa shape index (κ3) is 9.12. The van der Waals surface area contributed by atoms with E-state index < -0.39 is 0 Å². The summed E-state index contributed by atoms with van der Waals surface area (Å²) >= 11 is 0. The van der Waals surface area contributed by atoms with E-state index in [1.807, 2.05) is 0 Å². The molecule has 0 aromatic heterocycles. The molecule has 0 spiro atoms. The van der Waals surface area contributed by atoms with E-state index in [0.717, 1.165) is 23.7 Å². The second-order valence-corrected chi connectivity index (χ2v) is 12.3. The minimum absolute atomic E-state index is 0.953. The van der Waals surface area contributed by atoms with E-state index in [4.69, 9.17) is 0 Å². The van der Waals surface area contributed by atoms with Crippen molar-refractivity contribution in [2.45, 2.75) is 116 Å². The van der Waals surface area contributed by atoms with Gasteiger partial charge >= 0.3 is 0 Å². The molecule has 0 aromatic carbocycles. The van der Waals surface area contributed by atoms with Crippen LogP contribution in [0.5, 0.6) is 0 Å². The summed E-state index contributed by atoms with van der Waals surface area (Å²) in [6.07, 6.45) is 35.5. The molecule has 6 bridgehead atoms. The molecule has 0 aliphatic carbocycles. The van der Waals surface area contributed by atoms with Gasteiger partial charge in [-0.15, -0.1) is 0 Å². The molecular formula is C32H56N2. The first-order valence-electron chi connectivity index (χ1n) is 15.6. The largest absolute Gasteiger partial charge is 0.303 e. The van der Waals surface area contributed by atoms with Crippen molar-refractivity contribution in [2.24, 2.45) is 23.7 Å². The molecule has 0 saturated carbocycles. The Hall–Kier alpha value is -0.600. The number of nitrogens with zero attached hydrogens (tertiary/aromatic N) is 2. The Balaban J connectivity index is 1.47. The van der Waals surface area contributed by atoms with E-state index in [0.29, 0.717) is 0 Å². The molecule has 34 heavy (non-hydrogen) atoms. The van der Waals surface area contributed by atoms with Crippen LogP contribution in [0.25, 0.3) is 0 Å². The average molecular weight is 469 g/mol. The topological polar surface area (TPSA) is 6.48 Å². The Morgan fingerprint density at radius 3 is 1.88 bits per heavy atom. The summed E-state index contributed by atoms with van der Waals surface area (Å²) in [6, 6.07) is 0. The van der Waals surface area contributed by atoms with Gasteiger partial charge in [0, 0.05) is 26.2 Å². The molecule has 0 amide bonds. The van der Waals surface area contributed by atoms with Gasteiger partial charge in [0.2, 0.25) is 0 Å². The molecule has 2 saturated heterocycles. The highest BCUT2D eigenvalue weighted by Gasteiger charge is 2.38. The molecule has 2 nitrogen and oxygen atoms in total. The van der Waals surface area contributed by atoms with Crippen LogP contribution < -0.4 is 0 Å². The fourth-order valence-corrected chi connectivity index (χ4v) is 7.70. The van der Waals surface area contributed by atoms with E-state index in [1.165, 1.54) is 148 Å². The zero-order chi connectivity index (χ0) is 23.3. The van der Waals surface area contributed by atoms with Crippen LogP contribution in [0.2, 0.25) is 0 Å². The maximum Gasteiger partial charge on any atom is 0.00160 e. The average Bonchev–Trinajstić information content (AvgIpc) is 2.85. The van der Waals surface area contributed by atoms with Crippen LogP contribution in [-0.4, -0.2) is 49.1 Å². The molecule has 2 fully saturated rings. The fourth-order valence-electron chi connectivity index (χ4n) is 7.70. The molecule has 2 heteroatoms. The molecule has 2 unspecified atom stereocenters. The Kier molecular flexibility index (Phi) is 12.1. The highest BCUT2D eigenvalue weighted by molar-refractivity contribution is 4.92. The van der Waals surface area contributed by atoms with Gasteiger partial charge in [-0.1, -0.05) is 62.8 Å². The standard InChI is InChI=1S/C32H56N2/c1-2-5-10-14-18-23-34-26-29-19-15-11-7-4-6-9-13-17-22-33-24-21-32(31(25-29)28-34)30(27-33)20-16-12-8-3-1/h2,5,9,13,29-32H,1,3-4,6-8,10-12,14-28H2/b5-2-,13-9-/t29-,30+,31+,32+/m1/s1. The van der Waals surface area contributed by atoms with Gasteiger partial charge in [0.25, 0.3) is 0 Å². The highest BCUT2D eigenvalue weighted by Crippen LogP contribution is 2.40. The summed E-state index contributed by atoms with van der Waals surface area (Å²) in [4.78, 5) is 5.77. The summed E-state index contributed by atoms with van der Waals surface area (Å²) < 4.78 is 0. The van der Waals surface area contributed by atoms with Gasteiger partial charge in [0.05, 0.1) is 0 Å². The normalized spacial score (nSPS) is 39.8. The van der Waals surface area contributed by atoms with E-state index in [1.54, 1.807) is 6.42 Å². The van der Waals surface area contributed by atoms with Crippen LogP contribution >= 0.6 is 0 Å². The molecule has 194 valence electrons. The van der Waals surface area contributed by atoms with Crippen molar-refractivity contribution in [2.75, 3.05) is 39.3 Å². The molecule has 5 aliphatic rings. The molecule has 0 aromatic rings. The lowest BCUT2D eigenvalue weighted by Gasteiger charge is -2.47. The minimum atomic E-state index is 0.953. The SMILES string of the molecule is C1=C\CCN2CC[C@H]3[C@@H](CCCCCC/C=C\CCCCN4C[C@H](CCCCCC/1)C[C@H]3C4)C2. The Bertz CT molecular complexity index is 596. The zero-order valence-corrected chi connectivity index (χ0v) is 22.5. The van der Waals surface area contributed by atoms with Gasteiger partial charge < -0.3 is 9.80 Å². The summed E-state index contributed by atoms with van der Waals surface area (Å²) in [5, 5.41) is 0. The summed E-state index contributed by atoms with van der Waals surface area (Å²) in [6.45, 7) is 8.22. The third-order valence-corrected chi connectivity index (χ3v) is 9.60. The van der Waals surface area contributed by atoms with Gasteiger partial charge in [-0.05, 0) is 114 Å². The van der Waals surface area contributed by atoms with Gasteiger partial charge in [-0.25, -0.2) is 0 Å². The molecule has 5 rings (SSSR count). The summed E-state index contributed by atoms with van der Waals surface area (Å²) in [5.74, 6) is 3.88. The van der Waals surface area contributed by atoms with Gasteiger partial charge in [-0.3, -0.25) is 0 Å². The number of hydrogen-bond donors (Lipinski definition) is 0. The molecule has 6 atom stereocenters. The lowest BCUT2D eigenvalue weighted by molar-refractivity contribution is 0.0193. The van der Waals surface area contributed by atoms with E-state index in [2.05, 4.69) is 34.1 Å². The van der Waals surface area contributed by atoms with E-state index in [-0.39, 0.29) is 0 Å². The van der Waals surface area contributed by atoms with Crippen molar-refractivity contribution in [3.05, 3.63) is 24.3 Å². The number of fused-ring (bicyclic) bond motifs is 10. The van der Waals surface area contributed by atoms with Crippen molar-refractivity contribution in [3.8, 4) is 0 Å². The predicted molar refractivity (Wildman–Crippen MR) is 148 cm³/mol. The molecule has 0 radical (unpaired) electrons. The third-order valence-electron chi connectivity index (χ3n) is 9.60. The highest BCUT2D eigenvalue weighted by atomic mass is 15.1. The second-order valence-electron chi connectivity index (χ2n) is 12.3. The van der Waals surface area contributed by atoms with Gasteiger partial charge in [0.1, 0.15) is 0 Å². The van der Waals surface area contributed by atoms with Crippen molar-refractivity contribution in [3.63, 3.8) is 0 Å². The maximum atomic E-state index is 2.93. The second kappa shape index (κ2) is 15.5. The summed E-state index contributed by atoms with van der Waals surface area (Å²) in [5.41, 5.74) is 0. The zero-order valence-electron chi connectivity index (χ0n) is 22.5. The Morgan fingerprint density at radius 2 is 1.09 bits per heavy atom. The van der Waals surface area contributed by atoms with Crippen LogP contribution in [0.1, 0.15) is 116 Å². The van der Waals surface area contributed by atoms with Crippen LogP contribution in [-0.2, 0) is 0 Å². The van der Waals surface area contributed by atoms with E-state index >= 15 is 0 Å². The minimum Gasteiger partial charge on any atom is -0.303 e. The summed E-state index contributed by atoms with van der Waals surface area (Å²) in [7, 11) is 0. The lowest BCUT2D eigenvalue weighted by atomic mass is 9.69. The Morgan fingerprint density at radius 1 is 0.441 bits per heavy atom. The van der Waals surface area contributed by atoms with Gasteiger partial charge in [0.15, 0.2) is 0 Å². The number of allylic oxidation sites excluding steroid dienone is 3. The van der Waals surface area contributed by atoms with Crippen LogP contribution in [0.4, 0.5) is 0 Å². The van der Waals surface area contributed by atoms with Crippen molar-refractivity contribution in [1.29, 1.82) is 0 Å². The molecule has 5 aliphatic heterocycles. The first-order valence-corrected chi connectivity index (χ1v) is 15.6. The van der Waals surface area contributed by atoms with Crippen LogP contribution in [0, 0.1) is 23.7 Å².